The van der Waals surface area contributed by atoms with E-state index in [1.165, 1.54) is 38.9 Å². The minimum absolute atomic E-state index is 0.449. The first-order valence-corrected chi connectivity index (χ1v) is 7.61. The topological polar surface area (TPSA) is 18.5 Å². The molecular formula is C15H31N3. The standard InChI is InChI=1S/C15H31N3/c1-6-12-11-18(10-9-17(12)5)13-7-8-15(2,3)14(13)16-4/h12-14,16H,6-11H2,1-5H3. The third-order valence-electron chi connectivity index (χ3n) is 5.37. The first-order valence-electron chi connectivity index (χ1n) is 7.61. The normalized spacial score (nSPS) is 38.2. The summed E-state index contributed by atoms with van der Waals surface area (Å²) in [6.45, 7) is 10.9. The van der Waals surface area contributed by atoms with Crippen molar-refractivity contribution in [1.29, 1.82) is 0 Å². The highest BCUT2D eigenvalue weighted by Gasteiger charge is 2.44. The van der Waals surface area contributed by atoms with Crippen molar-refractivity contribution in [3.63, 3.8) is 0 Å². The molecule has 0 aromatic heterocycles. The van der Waals surface area contributed by atoms with Crippen LogP contribution in [0.5, 0.6) is 0 Å². The first-order chi connectivity index (χ1) is 8.49. The lowest BCUT2D eigenvalue weighted by Crippen LogP contribution is -2.58. The van der Waals surface area contributed by atoms with E-state index >= 15 is 0 Å². The van der Waals surface area contributed by atoms with Gasteiger partial charge in [0, 0.05) is 37.8 Å². The summed E-state index contributed by atoms with van der Waals surface area (Å²) in [7, 11) is 4.41. The number of nitrogens with one attached hydrogen (secondary N) is 1. The van der Waals surface area contributed by atoms with Gasteiger partial charge in [0.1, 0.15) is 0 Å². The van der Waals surface area contributed by atoms with Crippen molar-refractivity contribution >= 4 is 0 Å². The predicted molar refractivity (Wildman–Crippen MR) is 77.9 cm³/mol. The SMILES string of the molecule is CCC1CN(C2CCC(C)(C)C2NC)CCN1C. The second kappa shape index (κ2) is 5.48. The first kappa shape index (κ1) is 14.3. The summed E-state index contributed by atoms with van der Waals surface area (Å²) >= 11 is 0. The van der Waals surface area contributed by atoms with Crippen LogP contribution in [-0.4, -0.2) is 61.7 Å². The monoisotopic (exact) mass is 253 g/mol. The fraction of sp³-hybridized carbons (Fsp3) is 1.00. The van der Waals surface area contributed by atoms with Crippen LogP contribution in [0.4, 0.5) is 0 Å². The predicted octanol–water partition coefficient (Wildman–Crippen LogP) is 1.79. The van der Waals surface area contributed by atoms with E-state index in [2.05, 4.69) is 50.0 Å². The van der Waals surface area contributed by atoms with Crippen LogP contribution in [0, 0.1) is 5.41 Å². The van der Waals surface area contributed by atoms with Gasteiger partial charge >= 0.3 is 0 Å². The van der Waals surface area contributed by atoms with Crippen LogP contribution in [0.2, 0.25) is 0 Å². The van der Waals surface area contributed by atoms with Gasteiger partial charge < -0.3 is 10.2 Å². The molecule has 3 unspecified atom stereocenters. The Morgan fingerprint density at radius 3 is 2.61 bits per heavy atom. The molecule has 18 heavy (non-hydrogen) atoms. The lowest BCUT2D eigenvalue weighted by atomic mass is 9.86. The number of rotatable bonds is 3. The number of nitrogens with zero attached hydrogens (tertiary/aromatic N) is 2. The van der Waals surface area contributed by atoms with Gasteiger partial charge in [-0.25, -0.2) is 0 Å². The van der Waals surface area contributed by atoms with Crippen LogP contribution in [0.3, 0.4) is 0 Å². The van der Waals surface area contributed by atoms with Crippen molar-refractivity contribution in [2.75, 3.05) is 33.7 Å². The average Bonchev–Trinajstić information content (AvgIpc) is 2.65. The molecule has 106 valence electrons. The summed E-state index contributed by atoms with van der Waals surface area (Å²) in [5.74, 6) is 0. The maximum atomic E-state index is 3.59. The summed E-state index contributed by atoms with van der Waals surface area (Å²) in [6.07, 6.45) is 3.98. The molecule has 1 heterocycles. The van der Waals surface area contributed by atoms with E-state index in [0.717, 1.165) is 12.1 Å². The molecule has 1 saturated carbocycles. The zero-order valence-corrected chi connectivity index (χ0v) is 12.9. The Hall–Kier alpha value is -0.120. The molecule has 0 aromatic carbocycles. The lowest BCUT2D eigenvalue weighted by Gasteiger charge is -2.44. The largest absolute Gasteiger partial charge is 0.315 e. The summed E-state index contributed by atoms with van der Waals surface area (Å²) < 4.78 is 0. The molecule has 3 heteroatoms. The highest BCUT2D eigenvalue weighted by Crippen LogP contribution is 2.40. The Labute approximate surface area is 113 Å². The van der Waals surface area contributed by atoms with Crippen LogP contribution in [-0.2, 0) is 0 Å². The highest BCUT2D eigenvalue weighted by molar-refractivity contribution is 5.01. The number of piperazine rings is 1. The van der Waals surface area contributed by atoms with Gasteiger partial charge in [0.05, 0.1) is 0 Å². The van der Waals surface area contributed by atoms with E-state index in [4.69, 9.17) is 0 Å². The molecule has 1 aliphatic carbocycles. The highest BCUT2D eigenvalue weighted by atomic mass is 15.3. The fourth-order valence-corrected chi connectivity index (χ4v) is 4.05. The third kappa shape index (κ3) is 2.59. The van der Waals surface area contributed by atoms with Crippen LogP contribution < -0.4 is 5.32 Å². The van der Waals surface area contributed by atoms with Gasteiger partial charge in [0.2, 0.25) is 0 Å². The Balaban J connectivity index is 2.04. The molecule has 1 saturated heterocycles. The molecule has 2 rings (SSSR count). The molecule has 0 spiro atoms. The summed E-state index contributed by atoms with van der Waals surface area (Å²) in [5, 5.41) is 3.59. The molecule has 1 aliphatic heterocycles. The van der Waals surface area contributed by atoms with Crippen molar-refractivity contribution in [3.05, 3.63) is 0 Å². The molecule has 0 amide bonds. The van der Waals surface area contributed by atoms with Crippen molar-refractivity contribution in [2.45, 2.75) is 58.2 Å². The van der Waals surface area contributed by atoms with Gasteiger partial charge in [0.25, 0.3) is 0 Å². The quantitative estimate of drug-likeness (QED) is 0.827. The zero-order chi connectivity index (χ0) is 13.3. The third-order valence-corrected chi connectivity index (χ3v) is 5.37. The molecular weight excluding hydrogens is 222 g/mol. The molecule has 0 bridgehead atoms. The van der Waals surface area contributed by atoms with Crippen LogP contribution in [0.25, 0.3) is 0 Å². The van der Waals surface area contributed by atoms with E-state index in [0.29, 0.717) is 11.5 Å². The van der Waals surface area contributed by atoms with Gasteiger partial charge in [-0.05, 0) is 38.8 Å². The van der Waals surface area contributed by atoms with Gasteiger partial charge in [-0.3, -0.25) is 4.90 Å². The molecule has 0 aromatic rings. The van der Waals surface area contributed by atoms with E-state index in [-0.39, 0.29) is 0 Å². The second-order valence-electron chi connectivity index (χ2n) is 6.90. The van der Waals surface area contributed by atoms with Crippen molar-refractivity contribution in [3.8, 4) is 0 Å². The van der Waals surface area contributed by atoms with E-state index in [9.17, 15) is 0 Å². The maximum absolute atomic E-state index is 3.59. The van der Waals surface area contributed by atoms with E-state index < -0.39 is 0 Å². The summed E-state index contributed by atoms with van der Waals surface area (Å²) in [6, 6.07) is 2.14. The molecule has 0 radical (unpaired) electrons. The minimum atomic E-state index is 0.449. The molecule has 1 N–H and O–H groups in total. The number of likely N-dealkylation sites (N-methyl/N-ethyl adjacent to an activating group) is 2. The van der Waals surface area contributed by atoms with Gasteiger partial charge in [0.15, 0.2) is 0 Å². The van der Waals surface area contributed by atoms with Crippen molar-refractivity contribution in [1.82, 2.24) is 15.1 Å². The van der Waals surface area contributed by atoms with E-state index in [1.54, 1.807) is 0 Å². The minimum Gasteiger partial charge on any atom is -0.315 e. The average molecular weight is 253 g/mol. The Morgan fingerprint density at radius 2 is 2.00 bits per heavy atom. The zero-order valence-electron chi connectivity index (χ0n) is 12.9. The van der Waals surface area contributed by atoms with Crippen molar-refractivity contribution in [2.24, 2.45) is 5.41 Å². The van der Waals surface area contributed by atoms with Crippen LogP contribution in [0.1, 0.15) is 40.0 Å². The van der Waals surface area contributed by atoms with Crippen LogP contribution >= 0.6 is 0 Å². The van der Waals surface area contributed by atoms with Gasteiger partial charge in [-0.2, -0.15) is 0 Å². The lowest BCUT2D eigenvalue weighted by molar-refractivity contribution is 0.0493. The Kier molecular flexibility index (Phi) is 4.35. The number of hydrogen-bond donors (Lipinski definition) is 1. The molecule has 2 aliphatic rings. The van der Waals surface area contributed by atoms with Crippen LogP contribution in [0.15, 0.2) is 0 Å². The molecule has 3 nitrogen and oxygen atoms in total. The number of hydrogen-bond acceptors (Lipinski definition) is 3. The summed E-state index contributed by atoms with van der Waals surface area (Å²) in [5.41, 5.74) is 0.449. The van der Waals surface area contributed by atoms with Gasteiger partial charge in [-0.1, -0.05) is 20.8 Å². The van der Waals surface area contributed by atoms with Gasteiger partial charge in [-0.15, -0.1) is 0 Å². The molecule has 2 fully saturated rings. The second-order valence-corrected chi connectivity index (χ2v) is 6.90. The van der Waals surface area contributed by atoms with Crippen molar-refractivity contribution < 1.29 is 0 Å². The Morgan fingerprint density at radius 1 is 1.28 bits per heavy atom. The maximum Gasteiger partial charge on any atom is 0.0271 e. The molecule has 3 atom stereocenters. The fourth-order valence-electron chi connectivity index (χ4n) is 4.05. The smallest absolute Gasteiger partial charge is 0.0271 e. The summed E-state index contributed by atoms with van der Waals surface area (Å²) in [4.78, 5) is 5.29. The Bertz CT molecular complexity index is 277. The van der Waals surface area contributed by atoms with E-state index in [1.807, 2.05) is 0 Å².